The fraction of sp³-hybridized carbons (Fsp3) is 0.235. The van der Waals surface area contributed by atoms with Crippen LogP contribution in [0.25, 0.3) is 11.0 Å². The van der Waals surface area contributed by atoms with E-state index in [0.29, 0.717) is 0 Å². The predicted octanol–water partition coefficient (Wildman–Crippen LogP) is 3.30. The molecule has 6 heteroatoms. The van der Waals surface area contributed by atoms with Crippen molar-refractivity contribution in [1.29, 1.82) is 0 Å². The van der Waals surface area contributed by atoms with Crippen molar-refractivity contribution >= 4 is 22.8 Å². The third-order valence-corrected chi connectivity index (χ3v) is 4.05. The fourth-order valence-corrected chi connectivity index (χ4v) is 2.63. The molecular formula is C17H18N4O2. The molecule has 0 bridgehead atoms. The summed E-state index contributed by atoms with van der Waals surface area (Å²) in [6.45, 7) is 4.25. The SMILES string of the molecule is CNC(=O)Nc1ccc(C(C)(C)c2cccc3nonc23)cc1. The summed E-state index contributed by atoms with van der Waals surface area (Å²) in [6.07, 6.45) is 0. The van der Waals surface area contributed by atoms with Gasteiger partial charge in [0.1, 0.15) is 11.0 Å². The smallest absolute Gasteiger partial charge is 0.318 e. The number of urea groups is 1. The number of fused-ring (bicyclic) bond motifs is 1. The molecule has 0 spiro atoms. The third-order valence-electron chi connectivity index (χ3n) is 4.05. The van der Waals surface area contributed by atoms with Crippen LogP contribution in [0.5, 0.6) is 0 Å². The van der Waals surface area contributed by atoms with Crippen LogP contribution in [0.4, 0.5) is 10.5 Å². The van der Waals surface area contributed by atoms with Crippen LogP contribution in [-0.2, 0) is 5.41 Å². The lowest BCUT2D eigenvalue weighted by atomic mass is 9.77. The minimum atomic E-state index is -0.274. The monoisotopic (exact) mass is 310 g/mol. The summed E-state index contributed by atoms with van der Waals surface area (Å²) in [5.74, 6) is 0. The summed E-state index contributed by atoms with van der Waals surface area (Å²) < 4.78 is 4.86. The second-order valence-electron chi connectivity index (χ2n) is 5.84. The Kier molecular flexibility index (Phi) is 3.73. The number of hydrogen-bond donors (Lipinski definition) is 2. The van der Waals surface area contributed by atoms with E-state index in [4.69, 9.17) is 4.63 Å². The Bertz CT molecular complexity index is 837. The normalized spacial score (nSPS) is 11.4. The average Bonchev–Trinajstić information content (AvgIpc) is 3.03. The Labute approximate surface area is 133 Å². The number of carbonyl (C=O) groups excluding carboxylic acids is 1. The highest BCUT2D eigenvalue weighted by atomic mass is 16.6. The molecule has 6 nitrogen and oxygen atoms in total. The summed E-state index contributed by atoms with van der Waals surface area (Å²) in [7, 11) is 1.58. The van der Waals surface area contributed by atoms with Crippen molar-refractivity contribution in [3.05, 3.63) is 53.6 Å². The molecular weight excluding hydrogens is 292 g/mol. The van der Waals surface area contributed by atoms with Gasteiger partial charge < -0.3 is 10.6 Å². The Morgan fingerprint density at radius 3 is 2.52 bits per heavy atom. The number of benzene rings is 2. The van der Waals surface area contributed by atoms with Gasteiger partial charge in [0.15, 0.2) is 0 Å². The van der Waals surface area contributed by atoms with Gasteiger partial charge in [-0.1, -0.05) is 38.1 Å². The van der Waals surface area contributed by atoms with Crippen LogP contribution in [0.15, 0.2) is 47.1 Å². The van der Waals surface area contributed by atoms with Gasteiger partial charge in [0, 0.05) is 18.2 Å². The number of rotatable bonds is 3. The van der Waals surface area contributed by atoms with Gasteiger partial charge in [-0.25, -0.2) is 9.42 Å². The van der Waals surface area contributed by atoms with Crippen LogP contribution >= 0.6 is 0 Å². The molecule has 0 atom stereocenters. The van der Waals surface area contributed by atoms with Gasteiger partial charge in [-0.2, -0.15) is 0 Å². The number of amides is 2. The Morgan fingerprint density at radius 1 is 1.09 bits per heavy atom. The second-order valence-corrected chi connectivity index (χ2v) is 5.84. The Morgan fingerprint density at radius 2 is 1.83 bits per heavy atom. The number of nitrogens with one attached hydrogen (secondary N) is 2. The molecule has 3 rings (SSSR count). The van der Waals surface area contributed by atoms with Crippen molar-refractivity contribution < 1.29 is 9.42 Å². The Balaban J connectivity index is 1.96. The summed E-state index contributed by atoms with van der Waals surface area (Å²) in [4.78, 5) is 11.4. The largest absolute Gasteiger partial charge is 0.341 e. The first-order chi connectivity index (χ1) is 11.0. The Hall–Kier alpha value is -2.89. The van der Waals surface area contributed by atoms with Gasteiger partial charge in [-0.3, -0.25) is 0 Å². The summed E-state index contributed by atoms with van der Waals surface area (Å²) >= 11 is 0. The second kappa shape index (κ2) is 5.72. The van der Waals surface area contributed by atoms with Gasteiger partial charge in [0.2, 0.25) is 0 Å². The first kappa shape index (κ1) is 15.0. The van der Waals surface area contributed by atoms with Crippen molar-refractivity contribution in [3.8, 4) is 0 Å². The quantitative estimate of drug-likeness (QED) is 0.778. The number of hydrogen-bond acceptors (Lipinski definition) is 4. The van der Waals surface area contributed by atoms with E-state index in [2.05, 4.69) is 34.8 Å². The predicted molar refractivity (Wildman–Crippen MR) is 88.5 cm³/mol. The lowest BCUT2D eigenvalue weighted by molar-refractivity contribution is 0.254. The van der Waals surface area contributed by atoms with Crippen LogP contribution in [0, 0.1) is 0 Å². The van der Waals surface area contributed by atoms with E-state index in [0.717, 1.165) is 27.8 Å². The molecule has 3 aromatic rings. The average molecular weight is 310 g/mol. The zero-order valence-corrected chi connectivity index (χ0v) is 13.3. The molecule has 2 amide bonds. The van der Waals surface area contributed by atoms with E-state index >= 15 is 0 Å². The lowest BCUT2D eigenvalue weighted by Gasteiger charge is -2.26. The molecule has 0 aliphatic rings. The maximum absolute atomic E-state index is 11.4. The molecule has 0 aliphatic carbocycles. The zero-order chi connectivity index (χ0) is 16.4. The molecule has 0 aliphatic heterocycles. The van der Waals surface area contributed by atoms with Gasteiger partial charge in [-0.15, -0.1) is 0 Å². The third kappa shape index (κ3) is 2.75. The van der Waals surface area contributed by atoms with Crippen LogP contribution in [0.1, 0.15) is 25.0 Å². The number of anilines is 1. The molecule has 2 aromatic carbocycles. The van der Waals surface area contributed by atoms with E-state index in [1.807, 2.05) is 42.5 Å². The fourth-order valence-electron chi connectivity index (χ4n) is 2.63. The maximum atomic E-state index is 11.4. The molecule has 0 saturated heterocycles. The standard InChI is InChI=1S/C17H18N4O2/c1-17(2,13-5-4-6-14-15(13)21-23-20-14)11-7-9-12(10-8-11)19-16(22)18-3/h4-10H,1-3H3,(H2,18,19,22). The van der Waals surface area contributed by atoms with Gasteiger partial charge in [0.05, 0.1) is 0 Å². The molecule has 0 fully saturated rings. The summed E-state index contributed by atoms with van der Waals surface area (Å²) in [6, 6.07) is 13.4. The number of nitrogens with zero attached hydrogens (tertiary/aromatic N) is 2. The van der Waals surface area contributed by atoms with E-state index in [1.54, 1.807) is 7.05 Å². The number of carbonyl (C=O) groups is 1. The van der Waals surface area contributed by atoms with Crippen LogP contribution in [-0.4, -0.2) is 23.4 Å². The molecule has 0 unspecified atom stereocenters. The summed E-state index contributed by atoms with van der Waals surface area (Å²) in [5, 5.41) is 13.2. The minimum Gasteiger partial charge on any atom is -0.341 e. The van der Waals surface area contributed by atoms with Gasteiger partial charge >= 0.3 is 6.03 Å². The highest BCUT2D eigenvalue weighted by Crippen LogP contribution is 2.35. The maximum Gasteiger partial charge on any atom is 0.318 e. The van der Waals surface area contributed by atoms with Gasteiger partial charge in [0.25, 0.3) is 0 Å². The highest BCUT2D eigenvalue weighted by molar-refractivity contribution is 5.89. The lowest BCUT2D eigenvalue weighted by Crippen LogP contribution is -2.24. The van der Waals surface area contributed by atoms with Crippen molar-refractivity contribution in [1.82, 2.24) is 15.6 Å². The topological polar surface area (TPSA) is 80.0 Å². The van der Waals surface area contributed by atoms with Crippen molar-refractivity contribution in [2.45, 2.75) is 19.3 Å². The summed E-state index contributed by atoms with van der Waals surface area (Å²) in [5.41, 5.74) is 4.13. The molecule has 2 N–H and O–H groups in total. The van der Waals surface area contributed by atoms with E-state index in [1.165, 1.54) is 0 Å². The van der Waals surface area contributed by atoms with Gasteiger partial charge in [-0.05, 0) is 39.6 Å². The minimum absolute atomic E-state index is 0.240. The number of aromatic nitrogens is 2. The first-order valence-electron chi connectivity index (χ1n) is 7.33. The van der Waals surface area contributed by atoms with E-state index in [-0.39, 0.29) is 11.4 Å². The zero-order valence-electron chi connectivity index (χ0n) is 13.3. The molecule has 1 aromatic heterocycles. The highest BCUT2D eigenvalue weighted by Gasteiger charge is 2.26. The van der Waals surface area contributed by atoms with E-state index in [9.17, 15) is 4.79 Å². The molecule has 1 heterocycles. The van der Waals surface area contributed by atoms with Crippen LogP contribution in [0.2, 0.25) is 0 Å². The molecule has 118 valence electrons. The van der Waals surface area contributed by atoms with Crippen LogP contribution < -0.4 is 10.6 Å². The molecule has 23 heavy (non-hydrogen) atoms. The van der Waals surface area contributed by atoms with E-state index < -0.39 is 0 Å². The molecule has 0 saturated carbocycles. The molecule has 0 radical (unpaired) electrons. The van der Waals surface area contributed by atoms with Crippen molar-refractivity contribution in [3.63, 3.8) is 0 Å². The first-order valence-corrected chi connectivity index (χ1v) is 7.33. The van der Waals surface area contributed by atoms with Crippen molar-refractivity contribution in [2.24, 2.45) is 0 Å². The van der Waals surface area contributed by atoms with Crippen molar-refractivity contribution in [2.75, 3.05) is 12.4 Å². The van der Waals surface area contributed by atoms with Crippen LogP contribution in [0.3, 0.4) is 0 Å².